The van der Waals surface area contributed by atoms with Gasteiger partial charge in [0, 0.05) is 11.8 Å². The second-order valence-corrected chi connectivity index (χ2v) is 2.35. The van der Waals surface area contributed by atoms with Crippen LogP contribution in [0.3, 0.4) is 0 Å². The summed E-state index contributed by atoms with van der Waals surface area (Å²) in [4.78, 5) is 13.6. The van der Waals surface area contributed by atoms with E-state index in [1.54, 1.807) is 6.20 Å². The van der Waals surface area contributed by atoms with E-state index >= 15 is 0 Å². The van der Waals surface area contributed by atoms with Gasteiger partial charge in [-0.05, 0) is 18.1 Å². The molecule has 1 heterocycles. The fourth-order valence-corrected chi connectivity index (χ4v) is 1.20. The quantitative estimate of drug-likeness (QED) is 0.561. The lowest BCUT2D eigenvalue weighted by molar-refractivity contribution is 1.18. The molecule has 0 saturated heterocycles. The molecule has 0 fully saturated rings. The van der Waals surface area contributed by atoms with E-state index in [0.29, 0.717) is 0 Å². The molecule has 2 rings (SSSR count). The van der Waals surface area contributed by atoms with Crippen LogP contribution in [0, 0.1) is 0 Å². The third kappa shape index (κ3) is 0.620. The van der Waals surface area contributed by atoms with Crippen LogP contribution in [-0.2, 0) is 6.42 Å². The van der Waals surface area contributed by atoms with Crippen molar-refractivity contribution in [2.24, 2.45) is 0 Å². The van der Waals surface area contributed by atoms with Crippen LogP contribution in [0.15, 0.2) is 23.1 Å². The van der Waals surface area contributed by atoms with E-state index in [9.17, 15) is 4.79 Å². The number of rotatable bonds is 0. The van der Waals surface area contributed by atoms with Crippen molar-refractivity contribution in [3.05, 3.63) is 39.8 Å². The molecule has 1 aliphatic carbocycles. The maximum Gasteiger partial charge on any atom is 0.255 e. The monoisotopic (exact) mass is 133 g/mol. The summed E-state index contributed by atoms with van der Waals surface area (Å²) in [5.41, 5.74) is 1.97. The molecule has 1 aromatic rings. The van der Waals surface area contributed by atoms with Gasteiger partial charge in [-0.15, -0.1) is 0 Å². The summed E-state index contributed by atoms with van der Waals surface area (Å²) in [6.45, 7) is 0. The number of hydrogen-bond acceptors (Lipinski definition) is 1. The summed E-state index contributed by atoms with van der Waals surface area (Å²) in [6, 6.07) is 1.94. The zero-order valence-corrected chi connectivity index (χ0v) is 5.42. The number of fused-ring (bicyclic) bond motifs is 1. The highest BCUT2D eigenvalue weighted by Gasteiger charge is 2.06. The SMILES string of the molecule is O=c1[nH]ccc2c1C=CC2. The number of aromatic nitrogens is 1. The zero-order chi connectivity index (χ0) is 6.97. The summed E-state index contributed by atoms with van der Waals surface area (Å²) in [5.74, 6) is 0. The minimum atomic E-state index is 0.0197. The van der Waals surface area contributed by atoms with E-state index in [1.807, 2.05) is 18.2 Å². The molecule has 0 radical (unpaired) electrons. The molecule has 0 aromatic carbocycles. The molecule has 10 heavy (non-hydrogen) atoms. The lowest BCUT2D eigenvalue weighted by Crippen LogP contribution is -2.08. The highest BCUT2D eigenvalue weighted by Crippen LogP contribution is 2.12. The van der Waals surface area contributed by atoms with Crippen LogP contribution in [0.1, 0.15) is 11.1 Å². The van der Waals surface area contributed by atoms with Crippen molar-refractivity contribution >= 4 is 6.08 Å². The Morgan fingerprint density at radius 1 is 1.50 bits per heavy atom. The molecule has 50 valence electrons. The van der Waals surface area contributed by atoms with Gasteiger partial charge >= 0.3 is 0 Å². The van der Waals surface area contributed by atoms with Gasteiger partial charge in [0.05, 0.1) is 0 Å². The van der Waals surface area contributed by atoms with E-state index in [0.717, 1.165) is 17.5 Å². The topological polar surface area (TPSA) is 32.9 Å². The molecule has 1 N–H and O–H groups in total. The first-order valence-corrected chi connectivity index (χ1v) is 3.25. The van der Waals surface area contributed by atoms with E-state index in [-0.39, 0.29) is 5.56 Å². The number of hydrogen-bond donors (Lipinski definition) is 1. The van der Waals surface area contributed by atoms with Crippen LogP contribution in [0.4, 0.5) is 0 Å². The van der Waals surface area contributed by atoms with Gasteiger partial charge in [0.1, 0.15) is 0 Å². The average Bonchev–Trinajstić information content (AvgIpc) is 2.36. The number of H-pyrrole nitrogens is 1. The molecular formula is C8H7NO. The Hall–Kier alpha value is -1.31. The molecule has 2 nitrogen and oxygen atoms in total. The molecular weight excluding hydrogens is 126 g/mol. The molecule has 0 atom stereocenters. The van der Waals surface area contributed by atoms with Gasteiger partial charge in [0.15, 0.2) is 0 Å². The minimum Gasteiger partial charge on any atom is -0.329 e. The van der Waals surface area contributed by atoms with Crippen LogP contribution in [0.2, 0.25) is 0 Å². The Kier molecular flexibility index (Phi) is 1.01. The first kappa shape index (κ1) is 5.47. The summed E-state index contributed by atoms with van der Waals surface area (Å²) in [7, 11) is 0. The molecule has 0 spiro atoms. The van der Waals surface area contributed by atoms with Gasteiger partial charge in [-0.1, -0.05) is 12.2 Å². The highest BCUT2D eigenvalue weighted by molar-refractivity contribution is 5.58. The van der Waals surface area contributed by atoms with Gasteiger partial charge in [-0.25, -0.2) is 0 Å². The molecule has 0 aliphatic heterocycles. The largest absolute Gasteiger partial charge is 0.329 e. The van der Waals surface area contributed by atoms with Crippen LogP contribution in [0.25, 0.3) is 6.08 Å². The number of allylic oxidation sites excluding steroid dienone is 1. The molecule has 2 heteroatoms. The Morgan fingerprint density at radius 2 is 2.40 bits per heavy atom. The van der Waals surface area contributed by atoms with Crippen molar-refractivity contribution in [2.45, 2.75) is 6.42 Å². The Balaban J connectivity index is 2.79. The number of pyridine rings is 1. The average molecular weight is 133 g/mol. The van der Waals surface area contributed by atoms with Crippen molar-refractivity contribution in [3.63, 3.8) is 0 Å². The van der Waals surface area contributed by atoms with Crippen molar-refractivity contribution in [1.82, 2.24) is 4.98 Å². The van der Waals surface area contributed by atoms with E-state index < -0.39 is 0 Å². The molecule has 1 aliphatic rings. The predicted octanol–water partition coefficient (Wildman–Crippen LogP) is 0.944. The third-order valence-electron chi connectivity index (χ3n) is 1.71. The van der Waals surface area contributed by atoms with Crippen molar-refractivity contribution in [2.75, 3.05) is 0 Å². The summed E-state index contributed by atoms with van der Waals surface area (Å²) in [6.07, 6.45) is 6.46. The van der Waals surface area contributed by atoms with Crippen molar-refractivity contribution in [3.8, 4) is 0 Å². The summed E-state index contributed by atoms with van der Waals surface area (Å²) >= 11 is 0. The normalized spacial score (nSPS) is 13.6. The third-order valence-corrected chi connectivity index (χ3v) is 1.71. The molecule has 0 saturated carbocycles. The number of nitrogens with one attached hydrogen (secondary N) is 1. The fourth-order valence-electron chi connectivity index (χ4n) is 1.20. The standard InChI is InChI=1S/C8H7NO/c10-8-7-3-1-2-6(7)4-5-9-8/h1,3-5H,2H2,(H,9,10). The maximum atomic E-state index is 11.0. The Labute approximate surface area is 58.2 Å². The maximum absolute atomic E-state index is 11.0. The van der Waals surface area contributed by atoms with Crippen LogP contribution in [0.5, 0.6) is 0 Å². The molecule has 0 amide bonds. The fraction of sp³-hybridized carbons (Fsp3) is 0.125. The molecule has 1 aromatic heterocycles. The van der Waals surface area contributed by atoms with Crippen molar-refractivity contribution < 1.29 is 0 Å². The van der Waals surface area contributed by atoms with Crippen LogP contribution in [-0.4, -0.2) is 4.98 Å². The lowest BCUT2D eigenvalue weighted by atomic mass is 10.2. The van der Waals surface area contributed by atoms with Gasteiger partial charge in [0.2, 0.25) is 0 Å². The second-order valence-electron chi connectivity index (χ2n) is 2.35. The second kappa shape index (κ2) is 1.84. The van der Waals surface area contributed by atoms with Crippen molar-refractivity contribution in [1.29, 1.82) is 0 Å². The zero-order valence-electron chi connectivity index (χ0n) is 5.42. The summed E-state index contributed by atoms with van der Waals surface area (Å²) < 4.78 is 0. The first-order valence-electron chi connectivity index (χ1n) is 3.25. The van der Waals surface area contributed by atoms with Gasteiger partial charge in [-0.3, -0.25) is 4.79 Å². The van der Waals surface area contributed by atoms with Gasteiger partial charge < -0.3 is 4.98 Å². The van der Waals surface area contributed by atoms with Gasteiger partial charge in [0.25, 0.3) is 5.56 Å². The number of aromatic amines is 1. The first-order chi connectivity index (χ1) is 4.88. The van der Waals surface area contributed by atoms with Gasteiger partial charge in [-0.2, -0.15) is 0 Å². The predicted molar refractivity (Wildman–Crippen MR) is 39.8 cm³/mol. The highest BCUT2D eigenvalue weighted by atomic mass is 16.1. The smallest absolute Gasteiger partial charge is 0.255 e. The van der Waals surface area contributed by atoms with Crippen LogP contribution < -0.4 is 5.56 Å². The lowest BCUT2D eigenvalue weighted by Gasteiger charge is -1.92. The van der Waals surface area contributed by atoms with E-state index in [4.69, 9.17) is 0 Å². The van der Waals surface area contributed by atoms with Crippen LogP contribution >= 0.6 is 0 Å². The van der Waals surface area contributed by atoms with E-state index in [2.05, 4.69) is 4.98 Å². The Morgan fingerprint density at radius 3 is 3.20 bits per heavy atom. The Bertz CT molecular complexity index is 335. The minimum absolute atomic E-state index is 0.0197. The molecule has 0 bridgehead atoms. The van der Waals surface area contributed by atoms with E-state index in [1.165, 1.54) is 0 Å². The summed E-state index contributed by atoms with van der Waals surface area (Å²) in [5, 5.41) is 0. The molecule has 0 unspecified atom stereocenters.